The summed E-state index contributed by atoms with van der Waals surface area (Å²) in [6.45, 7) is -6.30. The van der Waals surface area contributed by atoms with E-state index in [1.807, 2.05) is 0 Å². The van der Waals surface area contributed by atoms with Crippen LogP contribution in [0.15, 0.2) is 120 Å². The van der Waals surface area contributed by atoms with Gasteiger partial charge in [0.05, 0.1) is 105 Å². The fourth-order valence-electron chi connectivity index (χ4n) is 4.49. The molecule has 0 aliphatic carbocycles. The van der Waals surface area contributed by atoms with Gasteiger partial charge in [-0.2, -0.15) is 0 Å². The van der Waals surface area contributed by atoms with Crippen molar-refractivity contribution in [1.29, 1.82) is 0 Å². The van der Waals surface area contributed by atoms with Crippen molar-refractivity contribution in [2.45, 2.75) is 35.5 Å². The summed E-state index contributed by atoms with van der Waals surface area (Å²) in [4.78, 5) is 21.1. The zero-order valence-corrected chi connectivity index (χ0v) is 27.4. The molecule has 52 heavy (non-hydrogen) atoms. The fraction of sp³-hybridized carbons (Fsp3) is 0.158. The number of rotatable bonds is 10. The molecular formula is C38H36N8O4S2. The van der Waals surface area contributed by atoms with Crippen LogP contribution in [-0.4, -0.2) is 61.5 Å². The van der Waals surface area contributed by atoms with E-state index in [0.717, 1.165) is 9.13 Å². The Labute approximate surface area is 341 Å². The molecule has 6 heterocycles. The number of imidazole rings is 2. The lowest BCUT2D eigenvalue weighted by molar-refractivity contribution is 0.410. The van der Waals surface area contributed by atoms with Crippen molar-refractivity contribution < 1.29 is 53.5 Å². The SMILES string of the molecule is [2H]c1nc(C([2H])([2H])S(=O)c2nc3ccc(-n4c([2H])c([2H])c([2H])c4[2H])cc3[nH]2)c(C([2H])([2H])[2H])c(OC([2H])([2H])[2H])c1[2H].[2H]c1nc(CS(=O)c2nc3ccc(-n4c([2H])c([2H])c([2H])c4[2H])cc3[nH]2)c(C([2H])([2H])[2H])c(OC([2H])([2H])[2H])c1[2H]. The predicted octanol–water partition coefficient (Wildman–Crippen LogP) is 6.75. The smallest absolute Gasteiger partial charge is 0.197 e. The van der Waals surface area contributed by atoms with E-state index in [0.29, 0.717) is 11.0 Å². The maximum atomic E-state index is 13.5. The highest BCUT2D eigenvalue weighted by Gasteiger charge is 2.17. The molecule has 0 saturated carbocycles. The monoisotopic (exact) mass is 758 g/mol. The molecule has 0 aliphatic heterocycles. The Morgan fingerprint density at radius 2 is 1.23 bits per heavy atom. The second-order valence-corrected chi connectivity index (χ2v) is 12.6. The van der Waals surface area contributed by atoms with Crippen molar-refractivity contribution in [3.63, 3.8) is 0 Å². The number of nitrogens with zero attached hydrogens (tertiary/aromatic N) is 6. The molecule has 12 nitrogen and oxygen atoms in total. The number of pyridine rings is 2. The van der Waals surface area contributed by atoms with Crippen LogP contribution in [0.1, 0.15) is 58.2 Å². The second-order valence-electron chi connectivity index (χ2n) is 10.1. The van der Waals surface area contributed by atoms with E-state index in [4.69, 9.17) is 40.4 Å². The second kappa shape index (κ2) is 15.2. The standard InChI is InChI=1S/2C19H18N4O2S/c2*1-13-17(20-8-7-18(13)25-2)12-26(24)19-21-15-6-5-14(11-16(15)22-19)23-9-3-4-10-23/h2*3-11H,12H2,1-2H3,(H,21,22)/i1D3,2D3,3D,4D,7D,8D,9D,10D,12D2;1D3,2D3,3D,4D,7D,8D,9D,10D. The molecule has 0 amide bonds. The first-order valence-corrected chi connectivity index (χ1v) is 16.7. The Hall–Kier alpha value is -5.86. The van der Waals surface area contributed by atoms with Crippen LogP contribution in [0.25, 0.3) is 33.4 Å². The Morgan fingerprint density at radius 3 is 1.75 bits per heavy atom. The van der Waals surface area contributed by atoms with Crippen molar-refractivity contribution >= 4 is 43.7 Å². The molecule has 2 atom stereocenters. The van der Waals surface area contributed by atoms with Crippen molar-refractivity contribution in [3.05, 3.63) is 132 Å². The Bertz CT molecular complexity index is 3700. The van der Waals surface area contributed by atoms with Gasteiger partial charge < -0.3 is 28.6 Å². The molecule has 0 saturated heterocycles. The van der Waals surface area contributed by atoms with E-state index >= 15 is 0 Å². The molecule has 8 rings (SSSR count). The molecule has 6 aromatic heterocycles. The molecule has 264 valence electrons. The van der Waals surface area contributed by atoms with Gasteiger partial charge in [-0.3, -0.25) is 18.4 Å². The maximum absolute atomic E-state index is 13.5. The number of fused-ring (bicyclic) bond motifs is 2. The molecule has 8 aromatic rings. The average Bonchev–Trinajstić information content (AvgIpc) is 4.08. The van der Waals surface area contributed by atoms with Gasteiger partial charge in [-0.25, -0.2) is 9.97 Å². The van der Waals surface area contributed by atoms with E-state index in [-0.39, 0.29) is 39.9 Å². The number of H-pyrrole nitrogens is 2. The molecule has 2 aromatic carbocycles. The number of aromatic amines is 2. The van der Waals surface area contributed by atoms with Gasteiger partial charge in [-0.1, -0.05) is 0 Å². The summed E-state index contributed by atoms with van der Waals surface area (Å²) in [6.07, 6.45) is -3.32. The average molecular weight is 759 g/mol. The minimum absolute atomic E-state index is 0.109. The van der Waals surface area contributed by atoms with Gasteiger partial charge in [0.1, 0.15) is 11.5 Å². The first kappa shape index (κ1) is 15.4. The zero-order chi connectivity index (χ0) is 58.4. The van der Waals surface area contributed by atoms with Crippen LogP contribution >= 0.6 is 0 Å². The largest absolute Gasteiger partial charge is 0.496 e. The lowest BCUT2D eigenvalue weighted by atomic mass is 10.2. The summed E-state index contributed by atoms with van der Waals surface area (Å²) in [7, 11) is -11.3. The fourth-order valence-corrected chi connectivity index (χ4v) is 6.31. The van der Waals surface area contributed by atoms with E-state index in [2.05, 4.69) is 34.6 Å². The Balaban J connectivity index is 0.000000226. The van der Waals surface area contributed by atoms with Gasteiger partial charge in [-0.05, 0) is 86.4 Å². The molecule has 0 radical (unpaired) electrons. The first-order valence-electron chi connectivity index (χ1n) is 27.3. The number of aromatic nitrogens is 8. The minimum atomic E-state index is -3.29. The summed E-state index contributed by atoms with van der Waals surface area (Å²) >= 11 is 0. The highest BCUT2D eigenvalue weighted by atomic mass is 32.2. The summed E-state index contributed by atoms with van der Waals surface area (Å²) in [5, 5.41) is -0.607. The van der Waals surface area contributed by atoms with Crippen molar-refractivity contribution in [2.75, 3.05) is 14.1 Å². The van der Waals surface area contributed by atoms with E-state index in [1.54, 1.807) is 0 Å². The maximum Gasteiger partial charge on any atom is 0.197 e. The number of nitrogens with one attached hydrogen (secondary N) is 2. The third-order valence-electron chi connectivity index (χ3n) is 6.93. The van der Waals surface area contributed by atoms with Crippen LogP contribution in [-0.2, 0) is 33.1 Å². The number of methoxy groups -OCH3 is 2. The lowest BCUT2D eigenvalue weighted by Gasteiger charge is -2.08. The van der Waals surface area contributed by atoms with E-state index in [9.17, 15) is 8.42 Å². The van der Waals surface area contributed by atoms with Gasteiger partial charge in [0.2, 0.25) is 0 Å². The minimum Gasteiger partial charge on any atom is -0.496 e. The van der Waals surface area contributed by atoms with Crippen molar-refractivity contribution in [3.8, 4) is 22.9 Å². The number of hydrogen-bond donors (Lipinski definition) is 2. The molecule has 0 aliphatic rings. The molecule has 2 unspecified atom stereocenters. The van der Waals surface area contributed by atoms with E-state index in [1.165, 1.54) is 36.4 Å². The predicted molar refractivity (Wildman–Crippen MR) is 202 cm³/mol. The molecular weight excluding hydrogens is 697 g/mol. The number of hydrogen-bond acceptors (Lipinski definition) is 8. The summed E-state index contributed by atoms with van der Waals surface area (Å²) in [5.74, 6) is -2.57. The van der Waals surface area contributed by atoms with Crippen LogP contribution in [0.3, 0.4) is 0 Å². The molecule has 2 N–H and O–H groups in total. The topological polar surface area (TPSA) is 146 Å². The van der Waals surface area contributed by atoms with Crippen molar-refractivity contribution in [2.24, 2.45) is 0 Å². The van der Waals surface area contributed by atoms with Crippen molar-refractivity contribution in [1.82, 2.24) is 39.0 Å². The van der Waals surface area contributed by atoms with E-state index < -0.39 is 161 Å². The Kier molecular flexibility index (Phi) is 4.49. The molecule has 0 fully saturated rings. The highest BCUT2D eigenvalue weighted by molar-refractivity contribution is 7.84. The van der Waals surface area contributed by atoms with Crippen LogP contribution < -0.4 is 9.47 Å². The van der Waals surface area contributed by atoms with Gasteiger partial charge in [0.25, 0.3) is 0 Å². The summed E-state index contributed by atoms with van der Waals surface area (Å²) < 4.78 is 241. The quantitative estimate of drug-likeness (QED) is 0.156. The highest BCUT2D eigenvalue weighted by Crippen LogP contribution is 2.25. The zero-order valence-electron chi connectivity index (χ0n) is 51.8. The van der Waals surface area contributed by atoms with Crippen LogP contribution in [0, 0.1) is 13.7 Å². The van der Waals surface area contributed by atoms with Crippen LogP contribution in [0.2, 0.25) is 0 Å². The van der Waals surface area contributed by atoms with Gasteiger partial charge in [0.15, 0.2) is 10.3 Å². The molecule has 14 heteroatoms. The Morgan fingerprint density at radius 1 is 0.731 bits per heavy atom. The lowest BCUT2D eigenvalue weighted by Crippen LogP contribution is -2.03. The van der Waals surface area contributed by atoms with Gasteiger partial charge in [0, 0.05) is 70.5 Å². The third kappa shape index (κ3) is 7.29. The third-order valence-corrected chi connectivity index (χ3v) is 9.01. The van der Waals surface area contributed by atoms with Crippen LogP contribution in [0.4, 0.5) is 0 Å². The number of benzene rings is 2. The number of ether oxygens (including phenoxy) is 2. The van der Waals surface area contributed by atoms with Gasteiger partial charge in [-0.15, -0.1) is 0 Å². The molecule has 0 bridgehead atoms. The molecule has 0 spiro atoms. The van der Waals surface area contributed by atoms with Crippen LogP contribution in [0.5, 0.6) is 11.5 Å². The normalized spacial score (nSPS) is 20.8. The summed E-state index contributed by atoms with van der Waals surface area (Å²) in [5.41, 5.74) is -5.14. The van der Waals surface area contributed by atoms with Gasteiger partial charge >= 0.3 is 0 Å². The summed E-state index contributed by atoms with van der Waals surface area (Å²) in [6, 6.07) is 5.04. The first-order chi connectivity index (χ1) is 35.7.